The van der Waals surface area contributed by atoms with Crippen molar-refractivity contribution in [2.24, 2.45) is 0 Å². The van der Waals surface area contributed by atoms with Crippen molar-refractivity contribution in [1.82, 2.24) is 9.80 Å². The summed E-state index contributed by atoms with van der Waals surface area (Å²) in [5.41, 5.74) is 0. The Morgan fingerprint density at radius 3 is 1.13 bits per heavy atom. The van der Waals surface area contributed by atoms with E-state index in [2.05, 4.69) is 27.7 Å². The first-order valence-electron chi connectivity index (χ1n) is 26.4. The lowest BCUT2D eigenvalue weighted by Crippen LogP contribution is -2.42. The fourth-order valence-corrected chi connectivity index (χ4v) is 7.87. The summed E-state index contributed by atoms with van der Waals surface area (Å²) in [5, 5.41) is -0.531. The van der Waals surface area contributed by atoms with Crippen molar-refractivity contribution >= 4 is 46.8 Å². The lowest BCUT2D eigenvalue weighted by molar-refractivity contribution is -0.168. The third-order valence-corrected chi connectivity index (χ3v) is 12.2. The van der Waals surface area contributed by atoms with Gasteiger partial charge in [0.05, 0.1) is 6.61 Å². The number of thioether (sulfide) groups is 1. The maximum Gasteiger partial charge on any atom is 0.326 e. The number of esters is 5. The van der Waals surface area contributed by atoms with E-state index < -0.39 is 54.4 Å². The number of hydrogen-bond donors (Lipinski definition) is 0. The summed E-state index contributed by atoms with van der Waals surface area (Å²) in [5.74, 6) is -2.52. The quantitative estimate of drug-likeness (QED) is 0.0321. The van der Waals surface area contributed by atoms with Crippen molar-refractivity contribution in [3.8, 4) is 0 Å². The first-order chi connectivity index (χ1) is 32.4. The molecule has 0 heterocycles. The number of amides is 1. The van der Waals surface area contributed by atoms with Crippen LogP contribution in [0.1, 0.15) is 214 Å². The number of ether oxygens (including phenoxy) is 6. The Morgan fingerprint density at radius 2 is 0.761 bits per heavy atom. The average molecular weight is 973 g/mol. The molecule has 15 heteroatoms. The monoisotopic (exact) mass is 973 g/mol. The van der Waals surface area contributed by atoms with Gasteiger partial charge >= 0.3 is 29.8 Å². The lowest BCUT2D eigenvalue weighted by Gasteiger charge is -2.24. The van der Waals surface area contributed by atoms with Crippen molar-refractivity contribution in [1.29, 1.82) is 0 Å². The van der Waals surface area contributed by atoms with E-state index >= 15 is 0 Å². The van der Waals surface area contributed by atoms with Crippen LogP contribution in [0.4, 0.5) is 4.79 Å². The summed E-state index contributed by atoms with van der Waals surface area (Å²) in [6.45, 7) is 7.76. The molecule has 0 aromatic rings. The molecule has 0 aromatic heterocycles. The van der Waals surface area contributed by atoms with Crippen LogP contribution in [-0.4, -0.2) is 130 Å². The van der Waals surface area contributed by atoms with Crippen LogP contribution in [-0.2, 0) is 52.4 Å². The molecule has 1 atom stereocenters. The highest BCUT2D eigenvalue weighted by molar-refractivity contribution is 8.13. The number of hydrogen-bond acceptors (Lipinski definition) is 14. The van der Waals surface area contributed by atoms with Gasteiger partial charge in [0.25, 0.3) is 5.24 Å². The van der Waals surface area contributed by atoms with Gasteiger partial charge in [-0.1, -0.05) is 174 Å². The van der Waals surface area contributed by atoms with Crippen LogP contribution < -0.4 is 0 Å². The Bertz CT molecular complexity index is 1220. The summed E-state index contributed by atoms with van der Waals surface area (Å²) in [6.07, 6.45) is 25.3. The Kier molecular flexibility index (Phi) is 44.8. The van der Waals surface area contributed by atoms with E-state index in [0.717, 1.165) is 132 Å². The zero-order valence-corrected chi connectivity index (χ0v) is 44.0. The molecule has 0 bridgehead atoms. The molecule has 67 heavy (non-hydrogen) atoms. The van der Waals surface area contributed by atoms with Crippen molar-refractivity contribution in [2.75, 3.05) is 72.5 Å². The summed E-state index contributed by atoms with van der Waals surface area (Å²) < 4.78 is 33.9. The van der Waals surface area contributed by atoms with Gasteiger partial charge in [0.15, 0.2) is 12.2 Å². The van der Waals surface area contributed by atoms with Crippen LogP contribution in [0.2, 0.25) is 0 Å². The zero-order valence-electron chi connectivity index (χ0n) is 43.2. The molecule has 0 saturated carbocycles. The highest BCUT2D eigenvalue weighted by Crippen LogP contribution is 2.15. The minimum Gasteiger partial charge on any atom is -0.462 e. The summed E-state index contributed by atoms with van der Waals surface area (Å²) in [6, 6.07) is 0. The predicted octanol–water partition coefficient (Wildman–Crippen LogP) is 11.6. The van der Waals surface area contributed by atoms with Gasteiger partial charge in [-0.2, -0.15) is 0 Å². The number of nitrogens with zero attached hydrogens (tertiary/aromatic N) is 2. The Labute approximate surface area is 411 Å². The highest BCUT2D eigenvalue weighted by Gasteiger charge is 2.27. The van der Waals surface area contributed by atoms with Crippen molar-refractivity contribution in [2.45, 2.75) is 226 Å². The molecular formula is C52H96N2O12S. The summed E-state index contributed by atoms with van der Waals surface area (Å²) >= 11 is 0.971. The smallest absolute Gasteiger partial charge is 0.326 e. The lowest BCUT2D eigenvalue weighted by atomic mass is 10.1. The van der Waals surface area contributed by atoms with Gasteiger partial charge in [0.1, 0.15) is 32.9 Å². The van der Waals surface area contributed by atoms with E-state index in [1.54, 1.807) is 0 Å². The summed E-state index contributed by atoms with van der Waals surface area (Å²) in [7, 11) is 3.86. The summed E-state index contributed by atoms with van der Waals surface area (Å²) in [4.78, 5) is 81.8. The van der Waals surface area contributed by atoms with E-state index in [4.69, 9.17) is 28.4 Å². The average Bonchev–Trinajstić information content (AvgIpc) is 3.30. The predicted molar refractivity (Wildman–Crippen MR) is 268 cm³/mol. The highest BCUT2D eigenvalue weighted by atomic mass is 32.2. The van der Waals surface area contributed by atoms with Crippen LogP contribution in [0.5, 0.6) is 0 Å². The van der Waals surface area contributed by atoms with Gasteiger partial charge in [0, 0.05) is 31.6 Å². The van der Waals surface area contributed by atoms with Crippen LogP contribution in [0.25, 0.3) is 0 Å². The minimum atomic E-state index is -1.13. The van der Waals surface area contributed by atoms with E-state index in [-0.39, 0.29) is 51.7 Å². The van der Waals surface area contributed by atoms with Gasteiger partial charge < -0.3 is 38.2 Å². The number of carbonyl (C=O) groups is 6. The second-order valence-corrected chi connectivity index (χ2v) is 19.2. The SMILES string of the molecule is CCCCCCCCCOCC(COC(=O)CCCCCCCC)OC(=O)CN(CC(=O)OC(COC(=O)CCCCCCCC)COC(=O)CCCCCCCC)C(=O)SCCCN(C)C. The first-order valence-corrected chi connectivity index (χ1v) is 27.4. The molecule has 0 fully saturated rings. The zero-order chi connectivity index (χ0) is 49.6. The van der Waals surface area contributed by atoms with Gasteiger partial charge in [-0.15, -0.1) is 0 Å². The molecule has 0 spiro atoms. The van der Waals surface area contributed by atoms with Crippen LogP contribution >= 0.6 is 11.8 Å². The Morgan fingerprint density at radius 1 is 0.418 bits per heavy atom. The van der Waals surface area contributed by atoms with E-state index in [9.17, 15) is 28.8 Å². The maximum absolute atomic E-state index is 13.6. The third kappa shape index (κ3) is 42.9. The molecule has 0 aliphatic rings. The van der Waals surface area contributed by atoms with Crippen LogP contribution in [0.3, 0.4) is 0 Å². The molecule has 14 nitrogen and oxygen atoms in total. The molecule has 0 aliphatic carbocycles. The van der Waals surface area contributed by atoms with E-state index in [1.807, 2.05) is 19.0 Å². The normalized spacial score (nSPS) is 11.7. The van der Waals surface area contributed by atoms with Gasteiger partial charge in [-0.3, -0.25) is 28.8 Å². The number of carbonyl (C=O) groups excluding carboxylic acids is 6. The van der Waals surface area contributed by atoms with Crippen LogP contribution in [0, 0.1) is 0 Å². The Balaban J connectivity index is 5.85. The molecular weight excluding hydrogens is 877 g/mol. The fourth-order valence-electron chi connectivity index (χ4n) is 7.11. The molecule has 392 valence electrons. The maximum atomic E-state index is 13.6. The Hall–Kier alpha value is -2.91. The van der Waals surface area contributed by atoms with Gasteiger partial charge in [-0.05, 0) is 52.7 Å². The van der Waals surface area contributed by atoms with Gasteiger partial charge in [0.2, 0.25) is 0 Å². The minimum absolute atomic E-state index is 0.00200. The molecule has 1 amide bonds. The number of unbranched alkanes of at least 4 members (excludes halogenated alkanes) is 21. The molecule has 0 saturated heterocycles. The van der Waals surface area contributed by atoms with Crippen molar-refractivity contribution < 1.29 is 57.2 Å². The number of rotatable bonds is 47. The second kappa shape index (κ2) is 46.8. The second-order valence-electron chi connectivity index (χ2n) is 18.1. The van der Waals surface area contributed by atoms with Crippen molar-refractivity contribution in [3.05, 3.63) is 0 Å². The standard InChI is InChI=1S/C52H96N2O12S/c1-7-11-15-19-23-27-31-37-61-41-45(42-62-47(55)33-28-24-20-16-12-8-2)65-50(58)39-54(52(60)67-38-32-36-53(5)6)40-51(59)66-46(43-63-48(56)34-29-25-21-17-13-9-3)44-64-49(57)35-30-26-22-18-14-10-4/h45-46H,7-44H2,1-6H3. The topological polar surface area (TPSA) is 164 Å². The van der Waals surface area contributed by atoms with E-state index in [1.165, 1.54) is 32.1 Å². The van der Waals surface area contributed by atoms with Crippen LogP contribution in [0.15, 0.2) is 0 Å². The van der Waals surface area contributed by atoms with Crippen molar-refractivity contribution in [3.63, 3.8) is 0 Å². The first kappa shape index (κ1) is 64.1. The molecule has 0 radical (unpaired) electrons. The van der Waals surface area contributed by atoms with E-state index in [0.29, 0.717) is 38.0 Å². The fraction of sp³-hybridized carbons (Fsp3) is 0.885. The molecule has 0 rings (SSSR count). The van der Waals surface area contributed by atoms with Gasteiger partial charge in [-0.25, -0.2) is 0 Å². The molecule has 1 unspecified atom stereocenters. The molecule has 0 aromatic carbocycles. The molecule has 0 N–H and O–H groups in total. The molecule has 0 aliphatic heterocycles. The third-order valence-electron chi connectivity index (χ3n) is 11.2. The largest absolute Gasteiger partial charge is 0.462 e.